The summed E-state index contributed by atoms with van der Waals surface area (Å²) in [6.07, 6.45) is 6.06. The van der Waals surface area contributed by atoms with Gasteiger partial charge in [-0.1, -0.05) is 61.5 Å². The maximum Gasteiger partial charge on any atom is 0.247 e. The molecular weight excluding hydrogens is 598 g/mol. The fourth-order valence-corrected chi connectivity index (χ4v) is 8.07. The van der Waals surface area contributed by atoms with Gasteiger partial charge in [0, 0.05) is 47.4 Å². The number of ether oxygens (including phenoxy) is 1. The number of aryl methyl sites for hydroxylation is 3. The number of morpholine rings is 1. The molecule has 3 heterocycles. The maximum atomic E-state index is 14.2. The normalized spacial score (nSPS) is 23.0. The van der Waals surface area contributed by atoms with E-state index in [0.29, 0.717) is 17.8 Å². The number of aromatic amines is 1. The molecule has 8 nitrogen and oxygen atoms in total. The Morgan fingerprint density at radius 3 is 2.44 bits per heavy atom. The zero-order valence-electron chi connectivity index (χ0n) is 28.1. The van der Waals surface area contributed by atoms with Crippen molar-refractivity contribution in [3.63, 3.8) is 0 Å². The van der Waals surface area contributed by atoms with Crippen molar-refractivity contribution < 1.29 is 14.3 Å². The van der Waals surface area contributed by atoms with Gasteiger partial charge in [-0.15, -0.1) is 0 Å². The fraction of sp³-hybridized carbons (Fsp3) is 0.425. The molecule has 0 unspecified atom stereocenters. The first-order valence-corrected chi connectivity index (χ1v) is 17.6. The Hall–Kier alpha value is -4.27. The minimum absolute atomic E-state index is 0.0273. The molecule has 2 saturated heterocycles. The average Bonchev–Trinajstić information content (AvgIpc) is 3.36. The van der Waals surface area contributed by atoms with Gasteiger partial charge >= 0.3 is 0 Å². The minimum Gasteiger partial charge on any atom is -0.375 e. The Bertz CT molecular complexity index is 1820. The van der Waals surface area contributed by atoms with Crippen molar-refractivity contribution in [2.75, 3.05) is 18.5 Å². The van der Waals surface area contributed by atoms with Gasteiger partial charge < -0.3 is 15.4 Å². The van der Waals surface area contributed by atoms with Crippen molar-refractivity contribution >= 4 is 17.5 Å². The van der Waals surface area contributed by atoms with E-state index in [9.17, 15) is 9.59 Å². The number of nitrogens with zero attached hydrogens (tertiary/aromatic N) is 2. The number of aromatic nitrogens is 2. The Morgan fingerprint density at radius 1 is 1.02 bits per heavy atom. The monoisotopic (exact) mass is 643 g/mol. The van der Waals surface area contributed by atoms with E-state index in [1.54, 1.807) is 0 Å². The molecule has 0 spiro atoms. The zero-order chi connectivity index (χ0) is 33.0. The molecule has 3 fully saturated rings. The van der Waals surface area contributed by atoms with Gasteiger partial charge in [-0.3, -0.25) is 19.6 Å². The van der Waals surface area contributed by atoms with Gasteiger partial charge in [-0.2, -0.15) is 5.10 Å². The van der Waals surface area contributed by atoms with Crippen molar-refractivity contribution in [1.29, 1.82) is 0 Å². The van der Waals surface area contributed by atoms with Crippen molar-refractivity contribution in [2.24, 2.45) is 5.41 Å². The van der Waals surface area contributed by atoms with Crippen molar-refractivity contribution in [3.05, 3.63) is 94.8 Å². The second-order valence-electron chi connectivity index (χ2n) is 14.8. The summed E-state index contributed by atoms with van der Waals surface area (Å²) in [5.74, 6) is -0.326. The molecule has 4 aliphatic rings. The summed E-state index contributed by atoms with van der Waals surface area (Å²) in [7, 11) is 0. The van der Waals surface area contributed by atoms with E-state index in [1.165, 1.54) is 16.7 Å². The van der Waals surface area contributed by atoms with Crippen LogP contribution in [-0.4, -0.2) is 58.3 Å². The highest BCUT2D eigenvalue weighted by Gasteiger charge is 2.47. The molecule has 4 atom stereocenters. The lowest BCUT2D eigenvalue weighted by atomic mass is 9.77. The van der Waals surface area contributed by atoms with Crippen LogP contribution in [0.3, 0.4) is 0 Å². The van der Waals surface area contributed by atoms with E-state index >= 15 is 0 Å². The number of H-pyrrole nitrogens is 1. The molecule has 8 heteroatoms. The number of hydrogen-bond donors (Lipinski definition) is 3. The molecule has 0 radical (unpaired) electrons. The average molecular weight is 644 g/mol. The van der Waals surface area contributed by atoms with Crippen LogP contribution in [0.5, 0.6) is 0 Å². The number of rotatable bonds is 9. The van der Waals surface area contributed by atoms with Gasteiger partial charge in [0.05, 0.1) is 18.4 Å². The second-order valence-corrected chi connectivity index (χ2v) is 14.8. The van der Waals surface area contributed by atoms with E-state index < -0.39 is 6.04 Å². The highest BCUT2D eigenvalue weighted by atomic mass is 16.5. The van der Waals surface area contributed by atoms with Crippen LogP contribution in [0, 0.1) is 19.3 Å². The summed E-state index contributed by atoms with van der Waals surface area (Å²) in [5, 5.41) is 13.8. The Morgan fingerprint density at radius 2 is 1.77 bits per heavy atom. The topological polar surface area (TPSA) is 99.3 Å². The molecule has 2 aliphatic heterocycles. The van der Waals surface area contributed by atoms with Crippen molar-refractivity contribution in [3.8, 4) is 22.3 Å². The van der Waals surface area contributed by atoms with E-state index in [4.69, 9.17) is 4.74 Å². The third kappa shape index (κ3) is 5.96. The van der Waals surface area contributed by atoms with Crippen LogP contribution in [-0.2, 0) is 27.3 Å². The van der Waals surface area contributed by atoms with E-state index in [0.717, 1.165) is 91.9 Å². The first-order valence-electron chi connectivity index (χ1n) is 17.6. The molecule has 3 N–H and O–H groups in total. The molecule has 2 bridgehead atoms. The van der Waals surface area contributed by atoms with Crippen molar-refractivity contribution in [2.45, 2.75) is 89.9 Å². The first kappa shape index (κ1) is 31.0. The van der Waals surface area contributed by atoms with Gasteiger partial charge in [0.1, 0.15) is 6.04 Å². The molecule has 2 amide bonds. The standard InChI is InChI=1S/C40H45N5O3/c1-24-36(25(2)44-43-24)29-13-15-31(16-14-29)41-38(46)37(42-39(47)40(3)17-18-40)34-6-4-5-28-11-12-30(19-35(28)34)27-9-7-26(8-10-27)21-45-22-33-20-32(45)23-48-33/h7-16,19,32-34,37H,4-6,17-18,20-23H2,1-3H3,(H,41,46)(H,42,47)(H,43,44)/t32-,33-,34-,37+/m1/s1. The van der Waals surface area contributed by atoms with Crippen LogP contribution in [0.2, 0.25) is 0 Å². The lowest BCUT2D eigenvalue weighted by Gasteiger charge is -2.33. The number of hydrogen-bond acceptors (Lipinski definition) is 5. The van der Waals surface area contributed by atoms with E-state index in [2.05, 4.69) is 68.2 Å². The number of fused-ring (bicyclic) bond motifs is 3. The molecular formula is C40H45N5O3. The van der Waals surface area contributed by atoms with Crippen LogP contribution in [0.4, 0.5) is 5.69 Å². The number of anilines is 1. The maximum absolute atomic E-state index is 14.2. The minimum atomic E-state index is -0.676. The van der Waals surface area contributed by atoms with E-state index in [1.807, 2.05) is 45.0 Å². The molecule has 48 heavy (non-hydrogen) atoms. The smallest absolute Gasteiger partial charge is 0.247 e. The Labute approximate surface area is 282 Å². The molecule has 1 saturated carbocycles. The second kappa shape index (κ2) is 12.3. The zero-order valence-corrected chi connectivity index (χ0v) is 28.1. The van der Waals surface area contributed by atoms with E-state index in [-0.39, 0.29) is 23.1 Å². The summed E-state index contributed by atoms with van der Waals surface area (Å²) in [5.41, 5.74) is 10.4. The first-order chi connectivity index (χ1) is 23.2. The third-order valence-electron chi connectivity index (χ3n) is 11.3. The number of carbonyl (C=O) groups is 2. The lowest BCUT2D eigenvalue weighted by molar-refractivity contribution is -0.130. The van der Waals surface area contributed by atoms with Gasteiger partial charge in [-0.05, 0) is 97.9 Å². The number of amides is 2. The molecule has 3 aromatic carbocycles. The quantitative estimate of drug-likeness (QED) is 0.189. The van der Waals surface area contributed by atoms with Gasteiger partial charge in [-0.25, -0.2) is 0 Å². The molecule has 4 aromatic rings. The highest BCUT2D eigenvalue weighted by Crippen LogP contribution is 2.46. The predicted octanol–water partition coefficient (Wildman–Crippen LogP) is 6.68. The highest BCUT2D eigenvalue weighted by molar-refractivity contribution is 5.99. The van der Waals surface area contributed by atoms with Crippen LogP contribution in [0.1, 0.15) is 73.0 Å². The Kier molecular flexibility index (Phi) is 7.96. The number of likely N-dealkylation sites (tertiary alicyclic amines) is 1. The molecule has 248 valence electrons. The van der Waals surface area contributed by atoms with Crippen LogP contribution in [0.25, 0.3) is 22.3 Å². The molecule has 1 aromatic heterocycles. The third-order valence-corrected chi connectivity index (χ3v) is 11.3. The van der Waals surface area contributed by atoms with Gasteiger partial charge in [0.2, 0.25) is 11.8 Å². The van der Waals surface area contributed by atoms with Gasteiger partial charge in [0.25, 0.3) is 0 Å². The lowest BCUT2D eigenvalue weighted by Crippen LogP contribution is -2.50. The fourth-order valence-electron chi connectivity index (χ4n) is 8.07. The Balaban J connectivity index is 1.04. The predicted molar refractivity (Wildman–Crippen MR) is 188 cm³/mol. The number of nitrogens with one attached hydrogen (secondary N) is 3. The van der Waals surface area contributed by atoms with Crippen LogP contribution >= 0.6 is 0 Å². The van der Waals surface area contributed by atoms with Crippen LogP contribution in [0.15, 0.2) is 66.7 Å². The number of carbonyl (C=O) groups excluding carboxylic acids is 2. The number of benzene rings is 3. The largest absolute Gasteiger partial charge is 0.375 e. The van der Waals surface area contributed by atoms with Gasteiger partial charge in [0.15, 0.2) is 0 Å². The molecule has 2 aliphatic carbocycles. The molecule has 8 rings (SSSR count). The summed E-state index contributed by atoms with van der Waals surface area (Å²) in [4.78, 5) is 30.2. The van der Waals surface area contributed by atoms with Crippen molar-refractivity contribution in [1.82, 2.24) is 20.4 Å². The summed E-state index contributed by atoms with van der Waals surface area (Å²) in [6.45, 7) is 8.83. The summed E-state index contributed by atoms with van der Waals surface area (Å²) in [6, 6.07) is 23.4. The summed E-state index contributed by atoms with van der Waals surface area (Å²) >= 11 is 0. The van der Waals surface area contributed by atoms with Crippen LogP contribution < -0.4 is 10.6 Å². The summed E-state index contributed by atoms with van der Waals surface area (Å²) < 4.78 is 5.78. The SMILES string of the molecule is Cc1n[nH]c(C)c1-c1ccc(NC(=O)[C@@H](NC(=O)C2(C)CC2)[C@@H]2CCCc3ccc(-c4ccc(CN5C[C@H]6C[C@@H]5CO6)cc4)cc32)cc1.